The third-order valence-corrected chi connectivity index (χ3v) is 4.42. The minimum atomic E-state index is -0.833. The summed E-state index contributed by atoms with van der Waals surface area (Å²) in [5.74, 6) is -0.677. The highest BCUT2D eigenvalue weighted by atomic mass is 16.4. The number of carboxylic acid groups (broad SMARTS) is 1. The van der Waals surface area contributed by atoms with Crippen molar-refractivity contribution in [3.05, 3.63) is 0 Å². The van der Waals surface area contributed by atoms with Gasteiger partial charge < -0.3 is 20.8 Å². The molecule has 0 radical (unpaired) electrons. The van der Waals surface area contributed by atoms with Crippen molar-refractivity contribution in [3.8, 4) is 0 Å². The summed E-state index contributed by atoms with van der Waals surface area (Å²) in [6, 6.07) is 0. The molecule has 0 saturated heterocycles. The number of aliphatic hydroxyl groups is 1. The van der Waals surface area contributed by atoms with Gasteiger partial charge in [0.15, 0.2) is 0 Å². The fraction of sp³-hybridized carbons (Fsp3) is 0.909. The Morgan fingerprint density at radius 2 is 1.14 bits per heavy atom. The number of carbonyl (C=O) groups is 2. The van der Waals surface area contributed by atoms with Gasteiger partial charge in [-0.3, -0.25) is 9.59 Å². The van der Waals surface area contributed by atoms with E-state index in [0.29, 0.717) is 19.5 Å². The maximum Gasteiger partial charge on any atom is 0.300 e. The number of aliphatic carboxylic acids is 1. The molecule has 0 atom stereocenters. The van der Waals surface area contributed by atoms with Gasteiger partial charge in [0.2, 0.25) is 5.91 Å². The van der Waals surface area contributed by atoms with Crippen LogP contribution in [0.3, 0.4) is 0 Å². The van der Waals surface area contributed by atoms with E-state index in [1.165, 1.54) is 77.0 Å². The van der Waals surface area contributed by atoms with E-state index in [0.717, 1.165) is 19.9 Å². The highest BCUT2D eigenvalue weighted by molar-refractivity contribution is 5.75. The number of rotatable bonds is 19. The average Bonchev–Trinajstić information content (AvgIpc) is 2.65. The molecule has 4 N–H and O–H groups in total. The molecular formula is C22H46N2O4. The molecule has 0 aromatic carbocycles. The number of hydrogen-bond donors (Lipinski definition) is 4. The molecule has 0 rings (SSSR count). The maximum absolute atomic E-state index is 11.6. The minimum absolute atomic E-state index is 0.146. The van der Waals surface area contributed by atoms with Gasteiger partial charge >= 0.3 is 0 Å². The Balaban J connectivity index is 0. The summed E-state index contributed by atoms with van der Waals surface area (Å²) in [4.78, 5) is 20.6. The lowest BCUT2D eigenvalue weighted by atomic mass is 10.0. The molecule has 168 valence electrons. The molecule has 0 saturated carbocycles. The number of unbranched alkanes of at least 4 members (excludes halogenated alkanes) is 12. The molecule has 28 heavy (non-hydrogen) atoms. The Morgan fingerprint density at radius 3 is 1.57 bits per heavy atom. The van der Waals surface area contributed by atoms with Gasteiger partial charge in [-0.2, -0.15) is 0 Å². The topological polar surface area (TPSA) is 98.7 Å². The van der Waals surface area contributed by atoms with Gasteiger partial charge in [0, 0.05) is 33.0 Å². The smallest absolute Gasteiger partial charge is 0.300 e. The van der Waals surface area contributed by atoms with Gasteiger partial charge in [-0.15, -0.1) is 0 Å². The highest BCUT2D eigenvalue weighted by Crippen LogP contribution is 2.12. The molecule has 6 heteroatoms. The summed E-state index contributed by atoms with van der Waals surface area (Å²) < 4.78 is 0. The van der Waals surface area contributed by atoms with E-state index in [1.54, 1.807) is 0 Å². The standard InChI is InChI=1S/C20H42N2O2.C2H4O2/c1-2-3-4-5-6-7-8-9-10-11-12-13-14-15-20(24)22-17-16-21-18-19-23;1-2(3)4/h21,23H,2-19H2,1H3,(H,22,24);1H3,(H,3,4). The van der Waals surface area contributed by atoms with E-state index in [9.17, 15) is 4.79 Å². The molecule has 0 heterocycles. The predicted molar refractivity (Wildman–Crippen MR) is 117 cm³/mol. The first-order valence-electron chi connectivity index (χ1n) is 11.3. The first-order valence-corrected chi connectivity index (χ1v) is 11.3. The van der Waals surface area contributed by atoms with Crippen LogP contribution in [0.2, 0.25) is 0 Å². The lowest BCUT2D eigenvalue weighted by molar-refractivity contribution is -0.134. The van der Waals surface area contributed by atoms with Crippen LogP contribution in [-0.4, -0.2) is 48.3 Å². The van der Waals surface area contributed by atoms with Crippen molar-refractivity contribution >= 4 is 11.9 Å². The molecule has 0 unspecified atom stereocenters. The fourth-order valence-electron chi connectivity index (χ4n) is 2.89. The van der Waals surface area contributed by atoms with Gasteiger partial charge in [-0.1, -0.05) is 84.0 Å². The number of carboxylic acids is 1. The van der Waals surface area contributed by atoms with Gasteiger partial charge in [0.1, 0.15) is 0 Å². The molecule has 0 aliphatic heterocycles. The van der Waals surface area contributed by atoms with Crippen LogP contribution < -0.4 is 10.6 Å². The Labute approximate surface area is 172 Å². The summed E-state index contributed by atoms with van der Waals surface area (Å²) in [5, 5.41) is 22.0. The maximum atomic E-state index is 11.6. The van der Waals surface area contributed by atoms with Gasteiger partial charge in [0.25, 0.3) is 5.97 Å². The van der Waals surface area contributed by atoms with Crippen LogP contribution >= 0.6 is 0 Å². The fourth-order valence-corrected chi connectivity index (χ4v) is 2.89. The van der Waals surface area contributed by atoms with Crippen molar-refractivity contribution in [3.63, 3.8) is 0 Å². The van der Waals surface area contributed by atoms with E-state index in [4.69, 9.17) is 15.0 Å². The quantitative estimate of drug-likeness (QED) is 0.242. The normalized spacial score (nSPS) is 10.2. The van der Waals surface area contributed by atoms with Crippen molar-refractivity contribution in [2.75, 3.05) is 26.2 Å². The van der Waals surface area contributed by atoms with Gasteiger partial charge in [-0.25, -0.2) is 0 Å². The SMILES string of the molecule is CC(=O)O.CCCCCCCCCCCCCCCC(=O)NCCNCCO. The Bertz CT molecular complexity index is 334. The van der Waals surface area contributed by atoms with Crippen LogP contribution in [-0.2, 0) is 9.59 Å². The molecular weight excluding hydrogens is 356 g/mol. The lowest BCUT2D eigenvalue weighted by Gasteiger charge is -2.06. The number of carbonyl (C=O) groups excluding carboxylic acids is 1. The van der Waals surface area contributed by atoms with Crippen molar-refractivity contribution in [2.24, 2.45) is 0 Å². The highest BCUT2D eigenvalue weighted by Gasteiger charge is 2.00. The van der Waals surface area contributed by atoms with Crippen LogP contribution in [0.5, 0.6) is 0 Å². The zero-order chi connectivity index (χ0) is 21.3. The molecule has 6 nitrogen and oxygen atoms in total. The van der Waals surface area contributed by atoms with E-state index < -0.39 is 5.97 Å². The van der Waals surface area contributed by atoms with Crippen molar-refractivity contribution in [1.82, 2.24) is 10.6 Å². The number of aliphatic hydroxyl groups excluding tert-OH is 1. The van der Waals surface area contributed by atoms with Crippen LogP contribution in [0.4, 0.5) is 0 Å². The third kappa shape index (κ3) is 32.5. The van der Waals surface area contributed by atoms with Crippen LogP contribution in [0, 0.1) is 0 Å². The summed E-state index contributed by atoms with van der Waals surface area (Å²) in [7, 11) is 0. The second-order valence-corrected chi connectivity index (χ2v) is 7.34. The average molecular weight is 403 g/mol. The molecule has 0 aliphatic carbocycles. The molecule has 0 bridgehead atoms. The van der Waals surface area contributed by atoms with E-state index in [-0.39, 0.29) is 12.5 Å². The van der Waals surface area contributed by atoms with Crippen LogP contribution in [0.1, 0.15) is 104 Å². The van der Waals surface area contributed by atoms with Crippen molar-refractivity contribution < 1.29 is 19.8 Å². The van der Waals surface area contributed by atoms with Crippen molar-refractivity contribution in [1.29, 1.82) is 0 Å². The zero-order valence-corrected chi connectivity index (χ0v) is 18.4. The molecule has 0 fully saturated rings. The monoisotopic (exact) mass is 402 g/mol. The molecule has 0 aliphatic rings. The minimum Gasteiger partial charge on any atom is -0.481 e. The zero-order valence-electron chi connectivity index (χ0n) is 18.4. The summed E-state index contributed by atoms with van der Waals surface area (Å²) in [6.07, 6.45) is 18.0. The molecule has 1 amide bonds. The van der Waals surface area contributed by atoms with E-state index in [1.807, 2.05) is 0 Å². The van der Waals surface area contributed by atoms with Crippen LogP contribution in [0.25, 0.3) is 0 Å². The predicted octanol–water partition coefficient (Wildman–Crippen LogP) is 4.26. The number of hydrogen-bond acceptors (Lipinski definition) is 4. The van der Waals surface area contributed by atoms with Crippen molar-refractivity contribution in [2.45, 2.75) is 104 Å². The first-order chi connectivity index (χ1) is 13.5. The van der Waals surface area contributed by atoms with E-state index in [2.05, 4.69) is 17.6 Å². The second kappa shape index (κ2) is 25.9. The second-order valence-electron chi connectivity index (χ2n) is 7.34. The molecule has 0 spiro atoms. The summed E-state index contributed by atoms with van der Waals surface area (Å²) in [5.41, 5.74) is 0. The van der Waals surface area contributed by atoms with E-state index >= 15 is 0 Å². The third-order valence-electron chi connectivity index (χ3n) is 4.42. The lowest BCUT2D eigenvalue weighted by Crippen LogP contribution is -2.32. The Morgan fingerprint density at radius 1 is 0.714 bits per heavy atom. The van der Waals surface area contributed by atoms with Gasteiger partial charge in [-0.05, 0) is 6.42 Å². The molecule has 0 aromatic heterocycles. The summed E-state index contributed by atoms with van der Waals surface area (Å²) in [6.45, 7) is 5.47. The largest absolute Gasteiger partial charge is 0.481 e. The Hall–Kier alpha value is -1.14. The molecule has 0 aromatic rings. The first kappa shape index (κ1) is 29.1. The number of nitrogens with one attached hydrogen (secondary N) is 2. The Kier molecular flexibility index (Phi) is 26.8. The van der Waals surface area contributed by atoms with Gasteiger partial charge in [0.05, 0.1) is 6.61 Å². The summed E-state index contributed by atoms with van der Waals surface area (Å²) >= 11 is 0. The van der Waals surface area contributed by atoms with Crippen LogP contribution in [0.15, 0.2) is 0 Å². The number of amides is 1.